The van der Waals surface area contributed by atoms with Crippen LogP contribution in [-0.4, -0.2) is 4.57 Å². The molecule has 0 radical (unpaired) electrons. The topological polar surface area (TPSA) is 34.5 Å². The van der Waals surface area contributed by atoms with Crippen molar-refractivity contribution in [3.8, 4) is 72.4 Å². The number of furan rings is 2. The molecule has 0 N–H and O–H groups in total. The summed E-state index contributed by atoms with van der Waals surface area (Å²) in [7, 11) is 0. The molecular formula is C72H44N2O2. The van der Waals surface area contributed by atoms with Gasteiger partial charge in [0.05, 0.1) is 16.7 Å². The van der Waals surface area contributed by atoms with Crippen LogP contribution in [0.1, 0.15) is 0 Å². The average Bonchev–Trinajstić information content (AvgIpc) is 4.33. The number of hydrogen-bond acceptors (Lipinski definition) is 3. The van der Waals surface area contributed by atoms with Crippen molar-refractivity contribution >= 4 is 82.7 Å². The highest BCUT2D eigenvalue weighted by atomic mass is 16.3. The number of aromatic nitrogens is 1. The van der Waals surface area contributed by atoms with Gasteiger partial charge in [0, 0.05) is 77.2 Å². The first-order chi connectivity index (χ1) is 37.7. The third-order valence-electron chi connectivity index (χ3n) is 15.8. The first-order valence-corrected chi connectivity index (χ1v) is 26.0. The summed E-state index contributed by atoms with van der Waals surface area (Å²) >= 11 is 0. The molecule has 0 aliphatic carbocycles. The smallest absolute Gasteiger partial charge is 0.143 e. The molecule has 4 heteroatoms. The molecule has 1 aliphatic rings. The monoisotopic (exact) mass is 968 g/mol. The Morgan fingerprint density at radius 2 is 0.724 bits per heavy atom. The highest BCUT2D eigenvalue weighted by Gasteiger charge is 2.28. The third-order valence-corrected chi connectivity index (χ3v) is 15.8. The molecule has 0 amide bonds. The van der Waals surface area contributed by atoms with E-state index in [1.807, 2.05) is 12.1 Å². The summed E-state index contributed by atoms with van der Waals surface area (Å²) in [6, 6.07) is 96.2. The molecule has 0 fully saturated rings. The fourth-order valence-corrected chi connectivity index (χ4v) is 12.2. The maximum absolute atomic E-state index is 7.29. The van der Waals surface area contributed by atoms with Gasteiger partial charge in [0.15, 0.2) is 0 Å². The van der Waals surface area contributed by atoms with Crippen LogP contribution >= 0.6 is 0 Å². The van der Waals surface area contributed by atoms with Gasteiger partial charge in [0.25, 0.3) is 0 Å². The summed E-state index contributed by atoms with van der Waals surface area (Å²) in [5.74, 6) is 0. The zero-order valence-electron chi connectivity index (χ0n) is 41.1. The number of nitrogens with zero attached hydrogens (tertiary/aromatic N) is 2. The van der Waals surface area contributed by atoms with Gasteiger partial charge in [-0.2, -0.15) is 0 Å². The van der Waals surface area contributed by atoms with Crippen LogP contribution in [0, 0.1) is 0 Å². The van der Waals surface area contributed by atoms with Crippen LogP contribution in [0.3, 0.4) is 0 Å². The molecule has 0 spiro atoms. The van der Waals surface area contributed by atoms with Gasteiger partial charge in [0.2, 0.25) is 0 Å². The van der Waals surface area contributed by atoms with Crippen molar-refractivity contribution in [1.82, 2.24) is 4.57 Å². The number of anilines is 3. The van der Waals surface area contributed by atoms with Crippen molar-refractivity contribution in [1.29, 1.82) is 0 Å². The minimum atomic E-state index is 0.878. The van der Waals surface area contributed by atoms with Crippen LogP contribution in [0.25, 0.3) is 138 Å². The standard InChI is InChI=1S/C72H44N2O2/c1-2-13-45(14-3-1)46-27-29-47(30-28-46)48-31-37-51(38-32-48)73(52-39-33-49(34-40-52)54-18-10-21-61-58-17-6-9-26-67(58)75-70(54)61)53-41-35-50(36-42-53)55-19-11-22-62-63-44-43-59-56-15-4-7-24-65(56)74-66-25-8-5-16-57(66)60-20-12-23-64(69(60)74)68(59)72(63)76-71(55)62/h1-44H. The van der Waals surface area contributed by atoms with E-state index in [0.29, 0.717) is 0 Å². The van der Waals surface area contributed by atoms with Crippen molar-refractivity contribution in [3.05, 3.63) is 267 Å². The van der Waals surface area contributed by atoms with Crippen LogP contribution in [0.4, 0.5) is 17.1 Å². The molecule has 0 unspecified atom stereocenters. The normalized spacial score (nSPS) is 11.9. The van der Waals surface area contributed by atoms with Gasteiger partial charge >= 0.3 is 0 Å². The van der Waals surface area contributed by atoms with E-state index < -0.39 is 0 Å². The van der Waals surface area contributed by atoms with Crippen LogP contribution < -0.4 is 4.90 Å². The quantitative estimate of drug-likeness (QED) is 0.160. The summed E-state index contributed by atoms with van der Waals surface area (Å²) in [6.07, 6.45) is 0. The summed E-state index contributed by atoms with van der Waals surface area (Å²) < 4.78 is 16.2. The van der Waals surface area contributed by atoms with Gasteiger partial charge in [-0.15, -0.1) is 0 Å². The van der Waals surface area contributed by atoms with Crippen molar-refractivity contribution in [3.63, 3.8) is 0 Å². The van der Waals surface area contributed by atoms with Crippen molar-refractivity contribution in [2.24, 2.45) is 0 Å². The lowest BCUT2D eigenvalue weighted by molar-refractivity contribution is 0.670. The predicted molar refractivity (Wildman–Crippen MR) is 316 cm³/mol. The SMILES string of the molecule is c1ccc(-c2ccc(-c3ccc(N(c4ccc(-c5cccc6c5oc5ccccc56)cc4)c4ccc(-c5cccc6c5oc5c7c(ccc56)-c5ccccc5-n5c6ccccc6c6cccc-7c65)cc4)cc3)cc2)cc1. The Bertz CT molecular complexity index is 4770. The molecule has 0 bridgehead atoms. The van der Waals surface area contributed by atoms with Gasteiger partial charge < -0.3 is 18.3 Å². The molecule has 12 aromatic carbocycles. The fraction of sp³-hybridized carbons (Fsp3) is 0. The Morgan fingerprint density at radius 1 is 0.263 bits per heavy atom. The summed E-state index contributed by atoms with van der Waals surface area (Å²) in [5.41, 5.74) is 24.0. The third kappa shape index (κ3) is 6.44. The molecule has 0 saturated carbocycles. The molecule has 1 aliphatic heterocycles. The van der Waals surface area contributed by atoms with Gasteiger partial charge in [-0.05, 0) is 99.6 Å². The second-order valence-electron chi connectivity index (χ2n) is 19.9. The maximum Gasteiger partial charge on any atom is 0.143 e. The van der Waals surface area contributed by atoms with Crippen molar-refractivity contribution in [2.45, 2.75) is 0 Å². The zero-order valence-corrected chi connectivity index (χ0v) is 41.1. The number of fused-ring (bicyclic) bond motifs is 15. The van der Waals surface area contributed by atoms with Crippen LogP contribution in [0.5, 0.6) is 0 Å². The van der Waals surface area contributed by atoms with Gasteiger partial charge in [-0.25, -0.2) is 0 Å². The highest BCUT2D eigenvalue weighted by molar-refractivity contribution is 6.22. The second-order valence-corrected chi connectivity index (χ2v) is 19.9. The minimum Gasteiger partial charge on any atom is -0.455 e. The molecule has 0 saturated heterocycles. The number of benzene rings is 12. The summed E-state index contributed by atoms with van der Waals surface area (Å²) in [4.78, 5) is 2.34. The second kappa shape index (κ2) is 16.7. The Hall–Kier alpha value is -10.2. The molecule has 76 heavy (non-hydrogen) atoms. The van der Waals surface area contributed by atoms with E-state index >= 15 is 0 Å². The Kier molecular flexibility index (Phi) is 9.30. The van der Waals surface area contributed by atoms with E-state index in [9.17, 15) is 0 Å². The fourth-order valence-electron chi connectivity index (χ4n) is 12.2. The van der Waals surface area contributed by atoms with Gasteiger partial charge in [-0.3, -0.25) is 0 Å². The van der Waals surface area contributed by atoms with Crippen molar-refractivity contribution < 1.29 is 8.83 Å². The molecule has 16 rings (SSSR count). The van der Waals surface area contributed by atoms with E-state index in [1.54, 1.807) is 0 Å². The van der Waals surface area contributed by atoms with Gasteiger partial charge in [0.1, 0.15) is 22.3 Å². The number of para-hydroxylation sites is 6. The molecule has 3 aromatic heterocycles. The van der Waals surface area contributed by atoms with Gasteiger partial charge in [-0.1, -0.05) is 206 Å². The lowest BCUT2D eigenvalue weighted by Crippen LogP contribution is -2.09. The molecule has 354 valence electrons. The van der Waals surface area contributed by atoms with Crippen molar-refractivity contribution in [2.75, 3.05) is 4.90 Å². The molecule has 0 atom stereocenters. The number of rotatable bonds is 7. The summed E-state index contributed by atoms with van der Waals surface area (Å²) in [6.45, 7) is 0. The lowest BCUT2D eigenvalue weighted by Gasteiger charge is -2.26. The number of hydrogen-bond donors (Lipinski definition) is 0. The molecule has 15 aromatic rings. The highest BCUT2D eigenvalue weighted by Crippen LogP contribution is 2.51. The Balaban J connectivity index is 0.806. The molecule has 4 nitrogen and oxygen atoms in total. The Labute approximate surface area is 438 Å². The van der Waals surface area contributed by atoms with Crippen LogP contribution in [0.15, 0.2) is 276 Å². The van der Waals surface area contributed by atoms with E-state index in [4.69, 9.17) is 8.83 Å². The maximum atomic E-state index is 7.29. The lowest BCUT2D eigenvalue weighted by atomic mass is 9.91. The average molecular weight is 969 g/mol. The van der Waals surface area contributed by atoms with Crippen LogP contribution in [-0.2, 0) is 0 Å². The van der Waals surface area contributed by atoms with E-state index in [1.165, 1.54) is 60.9 Å². The first-order valence-electron chi connectivity index (χ1n) is 26.0. The predicted octanol–water partition coefficient (Wildman–Crippen LogP) is 20.4. The molecular weight excluding hydrogens is 925 g/mol. The first kappa shape index (κ1) is 42.4. The Morgan fingerprint density at radius 3 is 1.39 bits per heavy atom. The largest absolute Gasteiger partial charge is 0.455 e. The van der Waals surface area contributed by atoms with E-state index in [-0.39, 0.29) is 0 Å². The van der Waals surface area contributed by atoms with E-state index in [2.05, 4.69) is 264 Å². The summed E-state index contributed by atoms with van der Waals surface area (Å²) in [5, 5.41) is 6.93. The minimum absolute atomic E-state index is 0.878. The van der Waals surface area contributed by atoms with Crippen LogP contribution in [0.2, 0.25) is 0 Å². The van der Waals surface area contributed by atoms with E-state index in [0.717, 1.165) is 94.3 Å². The molecule has 4 heterocycles. The zero-order chi connectivity index (χ0) is 49.8.